The van der Waals surface area contributed by atoms with Crippen LogP contribution in [0.1, 0.15) is 17.5 Å². The van der Waals surface area contributed by atoms with Crippen LogP contribution < -0.4 is 10.0 Å². The first-order valence-electron chi connectivity index (χ1n) is 7.78. The smallest absolute Gasteiger partial charge is 0.244 e. The molecule has 0 aliphatic heterocycles. The number of aromatic nitrogens is 2. The van der Waals surface area contributed by atoms with E-state index < -0.39 is 10.0 Å². The normalized spacial score (nSPS) is 17.3. The summed E-state index contributed by atoms with van der Waals surface area (Å²) in [6.07, 6.45) is 5.19. The van der Waals surface area contributed by atoms with Gasteiger partial charge in [-0.15, -0.1) is 0 Å². The van der Waals surface area contributed by atoms with Crippen molar-refractivity contribution in [1.29, 1.82) is 0 Å². The predicted molar refractivity (Wildman–Crippen MR) is 88.8 cm³/mol. The molecule has 0 radical (unpaired) electrons. The number of hydrogen-bond acceptors (Lipinski definition) is 4. The van der Waals surface area contributed by atoms with Crippen LogP contribution in [0.2, 0.25) is 0 Å². The van der Waals surface area contributed by atoms with Gasteiger partial charge in [-0.3, -0.25) is 9.48 Å². The maximum Gasteiger partial charge on any atom is 0.244 e. The molecule has 0 fully saturated rings. The molecule has 2 aromatic rings. The van der Waals surface area contributed by atoms with Gasteiger partial charge >= 0.3 is 0 Å². The minimum absolute atomic E-state index is 0.0373. The molecule has 0 saturated carbocycles. The molecule has 8 heteroatoms. The van der Waals surface area contributed by atoms with Gasteiger partial charge in [0.2, 0.25) is 15.9 Å². The molecule has 24 heavy (non-hydrogen) atoms. The third kappa shape index (κ3) is 3.82. The monoisotopic (exact) mass is 348 g/mol. The minimum atomic E-state index is -3.72. The number of sulfonamides is 1. The molecule has 128 valence electrons. The van der Waals surface area contributed by atoms with Crippen molar-refractivity contribution in [3.8, 4) is 0 Å². The van der Waals surface area contributed by atoms with Crippen molar-refractivity contribution in [2.24, 2.45) is 7.05 Å². The average molecular weight is 348 g/mol. The number of rotatable bonds is 5. The van der Waals surface area contributed by atoms with E-state index in [-0.39, 0.29) is 23.4 Å². The van der Waals surface area contributed by atoms with E-state index in [1.807, 2.05) is 12.1 Å². The molecule has 1 amide bonds. The van der Waals surface area contributed by atoms with Gasteiger partial charge in [-0.25, -0.2) is 13.1 Å². The molecule has 1 atom stereocenters. The van der Waals surface area contributed by atoms with Gasteiger partial charge in [0.25, 0.3) is 0 Å². The molecule has 0 bridgehead atoms. The van der Waals surface area contributed by atoms with Crippen LogP contribution in [-0.2, 0) is 34.7 Å². The Morgan fingerprint density at radius 2 is 2.08 bits per heavy atom. The van der Waals surface area contributed by atoms with Crippen LogP contribution in [0.5, 0.6) is 0 Å². The van der Waals surface area contributed by atoms with Crippen molar-refractivity contribution in [3.05, 3.63) is 47.8 Å². The van der Waals surface area contributed by atoms with Crippen LogP contribution in [0.25, 0.3) is 0 Å². The third-order valence-electron chi connectivity index (χ3n) is 4.13. The fourth-order valence-corrected chi connectivity index (χ4v) is 3.85. The first-order chi connectivity index (χ1) is 11.4. The Hall–Kier alpha value is -2.19. The van der Waals surface area contributed by atoms with Crippen LogP contribution in [-0.4, -0.2) is 36.7 Å². The van der Waals surface area contributed by atoms with E-state index in [0.29, 0.717) is 0 Å². The Kier molecular flexibility index (Phi) is 4.68. The Morgan fingerprint density at radius 3 is 2.79 bits per heavy atom. The minimum Gasteiger partial charge on any atom is -0.352 e. The van der Waals surface area contributed by atoms with Gasteiger partial charge in [-0.05, 0) is 30.4 Å². The van der Waals surface area contributed by atoms with E-state index >= 15 is 0 Å². The van der Waals surface area contributed by atoms with E-state index in [2.05, 4.69) is 27.3 Å². The van der Waals surface area contributed by atoms with Crippen LogP contribution in [0, 0.1) is 0 Å². The van der Waals surface area contributed by atoms with E-state index in [9.17, 15) is 13.2 Å². The molecule has 0 saturated heterocycles. The number of aryl methyl sites for hydroxylation is 2. The molecule has 1 aromatic carbocycles. The number of fused-ring (bicyclic) bond motifs is 1. The zero-order valence-electron chi connectivity index (χ0n) is 13.4. The first-order valence-corrected chi connectivity index (χ1v) is 9.27. The largest absolute Gasteiger partial charge is 0.352 e. The molecular weight excluding hydrogens is 328 g/mol. The number of hydrogen-bond donors (Lipinski definition) is 2. The molecule has 2 N–H and O–H groups in total. The summed E-state index contributed by atoms with van der Waals surface area (Å²) >= 11 is 0. The molecule has 1 aliphatic carbocycles. The highest BCUT2D eigenvalue weighted by molar-refractivity contribution is 7.89. The van der Waals surface area contributed by atoms with Crippen molar-refractivity contribution in [2.75, 3.05) is 6.54 Å². The van der Waals surface area contributed by atoms with E-state index in [4.69, 9.17) is 0 Å². The lowest BCUT2D eigenvalue weighted by molar-refractivity contribution is -0.120. The van der Waals surface area contributed by atoms with E-state index in [0.717, 1.165) is 19.3 Å². The standard InChI is InChI=1S/C16H20N4O3S/c1-20-11-15(9-17-20)24(22,23)18-10-16(21)19-14-7-6-12-4-2-3-5-13(12)8-14/h2-5,9,11,14,18H,6-8,10H2,1H3,(H,19,21). The quantitative estimate of drug-likeness (QED) is 0.816. The second-order valence-electron chi connectivity index (χ2n) is 5.95. The lowest BCUT2D eigenvalue weighted by Gasteiger charge is -2.25. The zero-order valence-corrected chi connectivity index (χ0v) is 14.2. The summed E-state index contributed by atoms with van der Waals surface area (Å²) in [5.74, 6) is -0.327. The topological polar surface area (TPSA) is 93.1 Å². The lowest BCUT2D eigenvalue weighted by Crippen LogP contribution is -2.44. The van der Waals surface area contributed by atoms with Crippen molar-refractivity contribution >= 4 is 15.9 Å². The van der Waals surface area contributed by atoms with Crippen molar-refractivity contribution in [2.45, 2.75) is 30.2 Å². The summed E-state index contributed by atoms with van der Waals surface area (Å²) < 4.78 is 27.8. The maximum atomic E-state index is 12.1. The lowest BCUT2D eigenvalue weighted by atomic mass is 9.88. The van der Waals surface area contributed by atoms with E-state index in [1.165, 1.54) is 28.2 Å². The van der Waals surface area contributed by atoms with Crippen LogP contribution in [0.4, 0.5) is 0 Å². The van der Waals surface area contributed by atoms with Crippen molar-refractivity contribution in [3.63, 3.8) is 0 Å². The van der Waals surface area contributed by atoms with Gasteiger partial charge in [0.15, 0.2) is 0 Å². The third-order valence-corrected chi connectivity index (χ3v) is 5.48. The second-order valence-corrected chi connectivity index (χ2v) is 7.72. The fourth-order valence-electron chi connectivity index (χ4n) is 2.88. The number of carbonyl (C=O) groups is 1. The van der Waals surface area contributed by atoms with Gasteiger partial charge in [-0.1, -0.05) is 24.3 Å². The number of amides is 1. The molecular formula is C16H20N4O3S. The van der Waals surface area contributed by atoms with Crippen molar-refractivity contribution < 1.29 is 13.2 Å². The molecule has 1 aliphatic rings. The summed E-state index contributed by atoms with van der Waals surface area (Å²) in [7, 11) is -2.09. The van der Waals surface area contributed by atoms with Crippen molar-refractivity contribution in [1.82, 2.24) is 19.8 Å². The summed E-state index contributed by atoms with van der Waals surface area (Å²) in [6.45, 7) is -0.282. The van der Waals surface area contributed by atoms with Crippen LogP contribution in [0.3, 0.4) is 0 Å². The zero-order chi connectivity index (χ0) is 17.2. The van der Waals surface area contributed by atoms with Gasteiger partial charge in [0.05, 0.1) is 12.7 Å². The second kappa shape index (κ2) is 6.74. The van der Waals surface area contributed by atoms with Gasteiger partial charge in [0, 0.05) is 19.3 Å². The highest BCUT2D eigenvalue weighted by Crippen LogP contribution is 2.20. The molecule has 7 nitrogen and oxygen atoms in total. The fraction of sp³-hybridized carbons (Fsp3) is 0.375. The van der Waals surface area contributed by atoms with Gasteiger partial charge in [-0.2, -0.15) is 5.10 Å². The molecule has 1 heterocycles. The summed E-state index contributed by atoms with van der Waals surface area (Å²) in [5.41, 5.74) is 2.56. The number of benzene rings is 1. The van der Waals surface area contributed by atoms with E-state index in [1.54, 1.807) is 7.05 Å². The van der Waals surface area contributed by atoms with Crippen LogP contribution in [0.15, 0.2) is 41.6 Å². The summed E-state index contributed by atoms with van der Waals surface area (Å²) in [4.78, 5) is 12.1. The van der Waals surface area contributed by atoms with Gasteiger partial charge in [0.1, 0.15) is 4.90 Å². The molecule has 3 rings (SSSR count). The first kappa shape index (κ1) is 16.7. The molecule has 1 unspecified atom stereocenters. The highest BCUT2D eigenvalue weighted by atomic mass is 32.2. The summed E-state index contributed by atoms with van der Waals surface area (Å²) in [5, 5.41) is 6.72. The Labute approximate surface area is 141 Å². The van der Waals surface area contributed by atoms with Crippen LogP contribution >= 0.6 is 0 Å². The van der Waals surface area contributed by atoms with Gasteiger partial charge < -0.3 is 5.32 Å². The predicted octanol–water partition coefficient (Wildman–Crippen LogP) is 0.372. The Balaban J connectivity index is 1.53. The Morgan fingerprint density at radius 1 is 1.33 bits per heavy atom. The number of nitrogens with one attached hydrogen (secondary N) is 2. The maximum absolute atomic E-state index is 12.1. The SMILES string of the molecule is Cn1cc(S(=O)(=O)NCC(=O)NC2CCc3ccccc3C2)cn1. The highest BCUT2D eigenvalue weighted by Gasteiger charge is 2.21. The molecule has 1 aromatic heterocycles. The molecule has 0 spiro atoms. The number of nitrogens with zero attached hydrogens (tertiary/aromatic N) is 2. The average Bonchev–Trinajstić information content (AvgIpc) is 3.00. The Bertz CT molecular complexity index is 845. The summed E-state index contributed by atoms with van der Waals surface area (Å²) in [6, 6.07) is 8.22. The number of carbonyl (C=O) groups excluding carboxylic acids is 1.